The molecule has 0 radical (unpaired) electrons. The molecule has 0 atom stereocenters. The van der Waals surface area contributed by atoms with Crippen LogP contribution in [-0.2, 0) is 9.84 Å². The van der Waals surface area contributed by atoms with Gasteiger partial charge in [-0.25, -0.2) is 13.2 Å². The summed E-state index contributed by atoms with van der Waals surface area (Å²) in [5, 5.41) is 10.4. The van der Waals surface area contributed by atoms with E-state index in [1.54, 1.807) is 12.1 Å². The molecule has 0 spiro atoms. The predicted molar refractivity (Wildman–Crippen MR) is 59.5 cm³/mol. The number of amides is 1. The number of carbonyl (C=O) groups is 1. The van der Waals surface area contributed by atoms with Crippen LogP contribution in [0.25, 0.3) is 0 Å². The predicted octanol–water partition coefficient (Wildman–Crippen LogP) is 1.38. The monoisotopic (exact) mass is 263 g/mol. The van der Waals surface area contributed by atoms with Gasteiger partial charge < -0.3 is 10.4 Å². The summed E-state index contributed by atoms with van der Waals surface area (Å²) in [6.07, 6.45) is -1.26. The second kappa shape index (κ2) is 5.18. The Labute approximate surface area is 98.0 Å². The van der Waals surface area contributed by atoms with E-state index in [2.05, 4.69) is 0 Å². The Morgan fingerprint density at radius 3 is 2.56 bits per heavy atom. The van der Waals surface area contributed by atoms with E-state index >= 15 is 0 Å². The molecule has 0 aliphatic heterocycles. The zero-order valence-electron chi connectivity index (χ0n) is 8.18. The first-order valence-corrected chi connectivity index (χ1v) is 6.40. The first-order valence-electron chi connectivity index (χ1n) is 4.37. The number of sulfone groups is 1. The molecule has 7 heteroatoms. The van der Waals surface area contributed by atoms with Gasteiger partial charge in [-0.1, -0.05) is 23.7 Å². The van der Waals surface area contributed by atoms with E-state index in [0.29, 0.717) is 0 Å². The van der Waals surface area contributed by atoms with Crippen molar-refractivity contribution in [1.29, 1.82) is 0 Å². The number of hydrogen-bond donors (Lipinski definition) is 2. The maximum atomic E-state index is 11.7. The largest absolute Gasteiger partial charge is 0.465 e. The van der Waals surface area contributed by atoms with Crippen molar-refractivity contribution in [1.82, 2.24) is 5.32 Å². The molecule has 0 saturated carbocycles. The minimum Gasteiger partial charge on any atom is -0.465 e. The third-order valence-electron chi connectivity index (χ3n) is 1.82. The highest BCUT2D eigenvalue weighted by atomic mass is 35.5. The Bertz CT molecular complexity index is 486. The van der Waals surface area contributed by atoms with Crippen molar-refractivity contribution in [3.8, 4) is 0 Å². The van der Waals surface area contributed by atoms with Crippen molar-refractivity contribution in [2.45, 2.75) is 4.90 Å². The minimum absolute atomic E-state index is 0.0175. The fraction of sp³-hybridized carbons (Fsp3) is 0.222. The minimum atomic E-state index is -3.54. The Balaban J connectivity index is 2.79. The molecule has 5 nitrogen and oxygen atoms in total. The Morgan fingerprint density at radius 2 is 2.00 bits per heavy atom. The van der Waals surface area contributed by atoms with Crippen LogP contribution < -0.4 is 5.32 Å². The molecule has 0 fully saturated rings. The van der Waals surface area contributed by atoms with E-state index in [-0.39, 0.29) is 22.2 Å². The first-order chi connectivity index (χ1) is 7.43. The van der Waals surface area contributed by atoms with Crippen LogP contribution in [0.2, 0.25) is 5.02 Å². The second-order valence-corrected chi connectivity index (χ2v) is 5.47. The van der Waals surface area contributed by atoms with E-state index in [0.717, 1.165) is 0 Å². The van der Waals surface area contributed by atoms with E-state index in [1.807, 2.05) is 5.32 Å². The van der Waals surface area contributed by atoms with Crippen molar-refractivity contribution in [2.24, 2.45) is 0 Å². The lowest BCUT2D eigenvalue weighted by Crippen LogP contribution is -2.27. The third-order valence-corrected chi connectivity index (χ3v) is 4.03. The average molecular weight is 264 g/mol. The van der Waals surface area contributed by atoms with Gasteiger partial charge in [0.05, 0.1) is 15.7 Å². The van der Waals surface area contributed by atoms with Gasteiger partial charge in [-0.05, 0) is 12.1 Å². The molecule has 0 aromatic heterocycles. The fourth-order valence-electron chi connectivity index (χ4n) is 1.10. The molecule has 2 N–H and O–H groups in total. The molecule has 0 aliphatic rings. The molecule has 0 aliphatic carbocycles. The van der Waals surface area contributed by atoms with Gasteiger partial charge in [0.2, 0.25) is 0 Å². The van der Waals surface area contributed by atoms with Crippen LogP contribution in [0.1, 0.15) is 0 Å². The van der Waals surface area contributed by atoms with Crippen molar-refractivity contribution in [2.75, 3.05) is 12.3 Å². The quantitative estimate of drug-likeness (QED) is 0.860. The summed E-state index contributed by atoms with van der Waals surface area (Å²) in [4.78, 5) is 10.2. The summed E-state index contributed by atoms with van der Waals surface area (Å²) in [6, 6.07) is 6.04. The van der Waals surface area contributed by atoms with Crippen molar-refractivity contribution < 1.29 is 18.3 Å². The van der Waals surface area contributed by atoms with Gasteiger partial charge in [-0.3, -0.25) is 0 Å². The third kappa shape index (κ3) is 3.39. The molecular weight excluding hydrogens is 254 g/mol. The Morgan fingerprint density at radius 1 is 1.38 bits per heavy atom. The van der Waals surface area contributed by atoms with Crippen LogP contribution in [-0.4, -0.2) is 31.9 Å². The molecule has 1 rings (SSSR count). The number of benzene rings is 1. The summed E-state index contributed by atoms with van der Waals surface area (Å²) >= 11 is 5.73. The topological polar surface area (TPSA) is 83.5 Å². The molecule has 0 bridgehead atoms. The van der Waals surface area contributed by atoms with Gasteiger partial charge in [0, 0.05) is 6.54 Å². The highest BCUT2D eigenvalue weighted by molar-refractivity contribution is 7.91. The zero-order chi connectivity index (χ0) is 12.2. The molecule has 88 valence electrons. The molecule has 1 aromatic rings. The standard InChI is InChI=1S/C9H10ClNO4S/c10-7-3-1-2-4-8(7)16(14,15)6-5-11-9(12)13/h1-4,11H,5-6H2,(H,12,13). The van der Waals surface area contributed by atoms with Crippen LogP contribution >= 0.6 is 11.6 Å². The summed E-state index contributed by atoms with van der Waals surface area (Å²) < 4.78 is 23.4. The highest BCUT2D eigenvalue weighted by Crippen LogP contribution is 2.21. The van der Waals surface area contributed by atoms with Crippen LogP contribution in [0.3, 0.4) is 0 Å². The summed E-state index contributed by atoms with van der Waals surface area (Å²) in [6.45, 7) is -0.164. The van der Waals surface area contributed by atoms with Crippen LogP contribution in [0.15, 0.2) is 29.2 Å². The smallest absolute Gasteiger partial charge is 0.404 e. The van der Waals surface area contributed by atoms with E-state index in [1.165, 1.54) is 12.1 Å². The lowest BCUT2D eigenvalue weighted by atomic mass is 10.4. The number of halogens is 1. The zero-order valence-corrected chi connectivity index (χ0v) is 9.75. The van der Waals surface area contributed by atoms with Gasteiger partial charge in [0.1, 0.15) is 0 Å². The molecule has 0 saturated heterocycles. The van der Waals surface area contributed by atoms with Crippen LogP contribution in [0, 0.1) is 0 Å². The normalized spacial score (nSPS) is 11.1. The lowest BCUT2D eigenvalue weighted by Gasteiger charge is -2.05. The summed E-state index contributed by atoms with van der Waals surface area (Å²) in [5.41, 5.74) is 0. The van der Waals surface area contributed by atoms with Gasteiger partial charge in [0.25, 0.3) is 0 Å². The molecular formula is C9H10ClNO4S. The summed E-state index contributed by atoms with van der Waals surface area (Å²) in [5.74, 6) is -0.316. The van der Waals surface area contributed by atoms with E-state index in [4.69, 9.17) is 16.7 Å². The Hall–Kier alpha value is -1.27. The van der Waals surface area contributed by atoms with Gasteiger partial charge in [0.15, 0.2) is 9.84 Å². The fourth-order valence-corrected chi connectivity index (χ4v) is 2.83. The van der Waals surface area contributed by atoms with Gasteiger partial charge in [-0.2, -0.15) is 0 Å². The molecule has 1 aromatic carbocycles. The average Bonchev–Trinajstić information content (AvgIpc) is 2.17. The van der Waals surface area contributed by atoms with Crippen molar-refractivity contribution in [3.05, 3.63) is 29.3 Å². The molecule has 0 unspecified atom stereocenters. The Kier molecular flexibility index (Phi) is 4.14. The van der Waals surface area contributed by atoms with Gasteiger partial charge in [-0.15, -0.1) is 0 Å². The maximum absolute atomic E-state index is 11.7. The maximum Gasteiger partial charge on any atom is 0.404 e. The number of nitrogens with one attached hydrogen (secondary N) is 1. The molecule has 16 heavy (non-hydrogen) atoms. The summed E-state index contributed by atoms with van der Waals surface area (Å²) in [7, 11) is -3.54. The number of carboxylic acid groups (broad SMARTS) is 1. The van der Waals surface area contributed by atoms with Crippen LogP contribution in [0.5, 0.6) is 0 Å². The van der Waals surface area contributed by atoms with Crippen LogP contribution in [0.4, 0.5) is 4.79 Å². The SMILES string of the molecule is O=C(O)NCCS(=O)(=O)c1ccccc1Cl. The first kappa shape index (κ1) is 12.8. The van der Waals surface area contributed by atoms with Gasteiger partial charge >= 0.3 is 6.09 Å². The van der Waals surface area contributed by atoms with Crippen molar-refractivity contribution >= 4 is 27.5 Å². The highest BCUT2D eigenvalue weighted by Gasteiger charge is 2.17. The molecule has 1 amide bonds. The van der Waals surface area contributed by atoms with E-state index < -0.39 is 15.9 Å². The number of hydrogen-bond acceptors (Lipinski definition) is 3. The molecule has 0 heterocycles. The second-order valence-electron chi connectivity index (χ2n) is 2.98. The lowest BCUT2D eigenvalue weighted by molar-refractivity contribution is 0.195. The number of rotatable bonds is 4. The van der Waals surface area contributed by atoms with E-state index in [9.17, 15) is 13.2 Å². The van der Waals surface area contributed by atoms with Crippen molar-refractivity contribution in [3.63, 3.8) is 0 Å².